The Labute approximate surface area is 145 Å². The minimum atomic E-state index is -0.0220. The minimum Gasteiger partial charge on any atom is -0.352 e. The number of aromatic nitrogens is 5. The summed E-state index contributed by atoms with van der Waals surface area (Å²) in [5.74, 6) is 1.61. The number of likely N-dealkylation sites (tertiary alicyclic amines) is 1. The first-order valence-electron chi connectivity index (χ1n) is 8.60. The van der Waals surface area contributed by atoms with E-state index in [1.165, 1.54) is 6.33 Å². The Morgan fingerprint density at radius 1 is 1.24 bits per heavy atom. The van der Waals surface area contributed by atoms with E-state index in [-0.39, 0.29) is 17.9 Å². The molecular weight excluding hydrogens is 322 g/mol. The van der Waals surface area contributed by atoms with Gasteiger partial charge in [-0.1, -0.05) is 0 Å². The number of amides is 2. The molecule has 3 heterocycles. The second kappa shape index (κ2) is 8.41. The number of carbonyl (C=O) groups excluding carboxylic acids is 2. The highest BCUT2D eigenvalue weighted by Crippen LogP contribution is 2.12. The third kappa shape index (κ3) is 5.13. The highest BCUT2D eigenvalue weighted by Gasteiger charge is 2.24. The zero-order valence-corrected chi connectivity index (χ0v) is 14.1. The van der Waals surface area contributed by atoms with E-state index in [4.69, 9.17) is 0 Å². The van der Waals surface area contributed by atoms with Gasteiger partial charge in [-0.15, -0.1) is 0 Å². The van der Waals surface area contributed by atoms with Gasteiger partial charge in [0.2, 0.25) is 11.8 Å². The number of nitrogens with zero attached hydrogens (tertiary/aromatic N) is 4. The van der Waals surface area contributed by atoms with Crippen molar-refractivity contribution in [1.82, 2.24) is 35.4 Å². The molecule has 0 bridgehead atoms. The van der Waals surface area contributed by atoms with Crippen LogP contribution >= 0.6 is 0 Å². The molecule has 0 radical (unpaired) electrons. The summed E-state index contributed by atoms with van der Waals surface area (Å²) in [7, 11) is 0. The van der Waals surface area contributed by atoms with Crippen LogP contribution in [0.2, 0.25) is 0 Å². The predicted octanol–water partition coefficient (Wildman–Crippen LogP) is 0.200. The summed E-state index contributed by atoms with van der Waals surface area (Å²) < 4.78 is 0. The molecule has 0 aliphatic carbocycles. The van der Waals surface area contributed by atoms with Gasteiger partial charge in [-0.2, -0.15) is 5.10 Å². The Bertz CT molecular complexity index is 669. The van der Waals surface area contributed by atoms with Gasteiger partial charge in [-0.05, 0) is 12.8 Å². The standard InChI is InChI=1S/C16H23N7O2/c24-15(5-3-14-19-11-20-22-14)21-12-2-1-9-23(10-12)16(25)6-4-13-17-7-8-18-13/h7-8,11-12H,1-6,9-10H2,(H,17,18)(H,21,24)(H,19,20,22)/t12-/m1/s1. The first-order valence-corrected chi connectivity index (χ1v) is 8.60. The fourth-order valence-electron chi connectivity index (χ4n) is 3.02. The number of imidazole rings is 1. The molecule has 3 rings (SSSR count). The van der Waals surface area contributed by atoms with Crippen molar-refractivity contribution in [3.8, 4) is 0 Å². The lowest BCUT2D eigenvalue weighted by atomic mass is 10.0. The quantitative estimate of drug-likeness (QED) is 0.662. The normalized spacial score (nSPS) is 17.4. The maximum Gasteiger partial charge on any atom is 0.223 e. The molecule has 0 saturated carbocycles. The number of rotatable bonds is 7. The van der Waals surface area contributed by atoms with Crippen molar-refractivity contribution >= 4 is 11.8 Å². The van der Waals surface area contributed by atoms with Gasteiger partial charge >= 0.3 is 0 Å². The van der Waals surface area contributed by atoms with E-state index in [2.05, 4.69) is 30.5 Å². The van der Waals surface area contributed by atoms with Crippen LogP contribution in [-0.4, -0.2) is 61.0 Å². The van der Waals surface area contributed by atoms with Crippen LogP contribution in [0.1, 0.15) is 37.3 Å². The van der Waals surface area contributed by atoms with Crippen LogP contribution in [0.5, 0.6) is 0 Å². The fraction of sp³-hybridized carbons (Fsp3) is 0.562. The van der Waals surface area contributed by atoms with Crippen molar-refractivity contribution in [2.75, 3.05) is 13.1 Å². The molecule has 0 unspecified atom stereocenters. The zero-order chi connectivity index (χ0) is 17.5. The molecule has 2 amide bonds. The maximum atomic E-state index is 12.4. The Balaban J connectivity index is 1.40. The van der Waals surface area contributed by atoms with E-state index in [1.807, 2.05) is 4.90 Å². The topological polar surface area (TPSA) is 120 Å². The van der Waals surface area contributed by atoms with Crippen molar-refractivity contribution < 1.29 is 9.59 Å². The van der Waals surface area contributed by atoms with Crippen molar-refractivity contribution in [3.05, 3.63) is 30.4 Å². The molecule has 1 aliphatic heterocycles. The van der Waals surface area contributed by atoms with Gasteiger partial charge in [-0.25, -0.2) is 9.97 Å². The van der Waals surface area contributed by atoms with Crippen LogP contribution in [-0.2, 0) is 22.4 Å². The lowest BCUT2D eigenvalue weighted by Gasteiger charge is -2.33. The van der Waals surface area contributed by atoms with Crippen LogP contribution in [0, 0.1) is 0 Å². The molecule has 1 atom stereocenters. The lowest BCUT2D eigenvalue weighted by Crippen LogP contribution is -2.49. The Morgan fingerprint density at radius 3 is 2.88 bits per heavy atom. The Kier molecular flexibility index (Phi) is 5.76. The molecule has 2 aromatic rings. The van der Waals surface area contributed by atoms with E-state index in [9.17, 15) is 9.59 Å². The summed E-state index contributed by atoms with van der Waals surface area (Å²) in [4.78, 5) is 37.4. The molecular formula is C16H23N7O2. The summed E-state index contributed by atoms with van der Waals surface area (Å²) in [6.45, 7) is 1.33. The second-order valence-corrected chi connectivity index (χ2v) is 6.21. The van der Waals surface area contributed by atoms with Crippen LogP contribution in [0.25, 0.3) is 0 Å². The molecule has 25 heavy (non-hydrogen) atoms. The third-order valence-electron chi connectivity index (χ3n) is 4.32. The van der Waals surface area contributed by atoms with Crippen LogP contribution < -0.4 is 5.32 Å². The van der Waals surface area contributed by atoms with Crippen molar-refractivity contribution in [1.29, 1.82) is 0 Å². The predicted molar refractivity (Wildman–Crippen MR) is 89.4 cm³/mol. The molecule has 1 saturated heterocycles. The van der Waals surface area contributed by atoms with Gasteiger partial charge in [0.05, 0.1) is 0 Å². The van der Waals surface area contributed by atoms with Gasteiger partial charge in [0, 0.05) is 57.2 Å². The number of hydrogen-bond acceptors (Lipinski definition) is 5. The molecule has 134 valence electrons. The van der Waals surface area contributed by atoms with E-state index in [1.54, 1.807) is 12.4 Å². The largest absolute Gasteiger partial charge is 0.352 e. The van der Waals surface area contributed by atoms with Gasteiger partial charge in [0.1, 0.15) is 18.0 Å². The smallest absolute Gasteiger partial charge is 0.223 e. The monoisotopic (exact) mass is 345 g/mol. The van der Waals surface area contributed by atoms with Crippen LogP contribution in [0.15, 0.2) is 18.7 Å². The van der Waals surface area contributed by atoms with Gasteiger partial charge in [0.25, 0.3) is 0 Å². The lowest BCUT2D eigenvalue weighted by molar-refractivity contribution is -0.133. The number of H-pyrrole nitrogens is 2. The average molecular weight is 345 g/mol. The zero-order valence-electron chi connectivity index (χ0n) is 14.1. The summed E-state index contributed by atoms with van der Waals surface area (Å²) in [6, 6.07) is 0.0172. The van der Waals surface area contributed by atoms with Crippen molar-refractivity contribution in [2.24, 2.45) is 0 Å². The van der Waals surface area contributed by atoms with Gasteiger partial charge in [0.15, 0.2) is 0 Å². The number of aryl methyl sites for hydroxylation is 2. The summed E-state index contributed by atoms with van der Waals surface area (Å²) in [6.07, 6.45) is 8.60. The first-order chi connectivity index (χ1) is 12.2. The van der Waals surface area contributed by atoms with E-state index in [0.29, 0.717) is 38.1 Å². The number of aromatic amines is 2. The third-order valence-corrected chi connectivity index (χ3v) is 4.32. The molecule has 3 N–H and O–H groups in total. The van der Waals surface area contributed by atoms with Gasteiger partial charge in [-0.3, -0.25) is 14.7 Å². The highest BCUT2D eigenvalue weighted by atomic mass is 16.2. The van der Waals surface area contributed by atoms with Crippen LogP contribution in [0.4, 0.5) is 0 Å². The van der Waals surface area contributed by atoms with E-state index < -0.39 is 0 Å². The van der Waals surface area contributed by atoms with E-state index in [0.717, 1.165) is 25.2 Å². The number of piperidine rings is 1. The second-order valence-electron chi connectivity index (χ2n) is 6.21. The van der Waals surface area contributed by atoms with Crippen LogP contribution in [0.3, 0.4) is 0 Å². The molecule has 1 aliphatic rings. The first kappa shape index (κ1) is 17.1. The number of carbonyl (C=O) groups is 2. The highest BCUT2D eigenvalue weighted by molar-refractivity contribution is 5.78. The molecule has 0 aromatic carbocycles. The SMILES string of the molecule is O=C(CCc1ncn[nH]1)N[C@@H]1CCCN(C(=O)CCc2ncc[nH]2)C1. The summed E-state index contributed by atoms with van der Waals surface area (Å²) >= 11 is 0. The molecule has 9 heteroatoms. The molecule has 9 nitrogen and oxygen atoms in total. The summed E-state index contributed by atoms with van der Waals surface area (Å²) in [5, 5.41) is 9.53. The summed E-state index contributed by atoms with van der Waals surface area (Å²) in [5.41, 5.74) is 0. The van der Waals surface area contributed by atoms with Gasteiger partial charge < -0.3 is 15.2 Å². The Morgan fingerprint density at radius 2 is 2.12 bits per heavy atom. The maximum absolute atomic E-state index is 12.4. The average Bonchev–Trinajstić information content (AvgIpc) is 3.32. The number of nitrogens with one attached hydrogen (secondary N) is 3. The Hall–Kier alpha value is -2.71. The van der Waals surface area contributed by atoms with Crippen molar-refractivity contribution in [3.63, 3.8) is 0 Å². The fourth-order valence-corrected chi connectivity index (χ4v) is 3.02. The van der Waals surface area contributed by atoms with Crippen molar-refractivity contribution in [2.45, 2.75) is 44.6 Å². The number of hydrogen-bond donors (Lipinski definition) is 3. The molecule has 1 fully saturated rings. The minimum absolute atomic E-state index is 0.0172. The van der Waals surface area contributed by atoms with E-state index >= 15 is 0 Å². The molecule has 2 aromatic heterocycles. The molecule has 0 spiro atoms.